The second-order valence-electron chi connectivity index (χ2n) is 7.07. The number of nitrogens with zero attached hydrogens (tertiary/aromatic N) is 1. The van der Waals surface area contributed by atoms with Gasteiger partial charge in [-0.15, -0.1) is 0 Å². The largest absolute Gasteiger partial charge is 0.344 e. The molecule has 120 valence electrons. The van der Waals surface area contributed by atoms with Crippen LogP contribution < -0.4 is 0 Å². The Hall–Kier alpha value is -2.54. The van der Waals surface area contributed by atoms with Gasteiger partial charge in [0, 0.05) is 28.9 Å². The van der Waals surface area contributed by atoms with Gasteiger partial charge in [-0.25, -0.2) is 0 Å². The van der Waals surface area contributed by atoms with E-state index in [0.29, 0.717) is 5.92 Å². The predicted octanol–water partition coefficient (Wildman–Crippen LogP) is 6.20. The Bertz CT molecular complexity index is 1010. The van der Waals surface area contributed by atoms with E-state index < -0.39 is 0 Å². The number of para-hydroxylation sites is 1. The van der Waals surface area contributed by atoms with Crippen LogP contribution in [0.1, 0.15) is 19.4 Å². The molecular weight excluding hydrogens is 290 g/mol. The average molecular weight is 313 g/mol. The van der Waals surface area contributed by atoms with Crippen molar-refractivity contribution in [1.82, 2.24) is 4.57 Å². The molecule has 1 heteroatoms. The highest BCUT2D eigenvalue weighted by atomic mass is 14.9. The number of benzene rings is 3. The molecule has 0 aliphatic carbocycles. The van der Waals surface area contributed by atoms with Gasteiger partial charge in [-0.05, 0) is 47.2 Å². The Morgan fingerprint density at radius 1 is 0.792 bits per heavy atom. The summed E-state index contributed by atoms with van der Waals surface area (Å²) in [6.07, 6.45) is 1.10. The highest BCUT2D eigenvalue weighted by Gasteiger charge is 2.14. The lowest BCUT2D eigenvalue weighted by molar-refractivity contribution is 0.648. The summed E-state index contributed by atoms with van der Waals surface area (Å²) in [5.41, 5.74) is 6.74. The summed E-state index contributed by atoms with van der Waals surface area (Å²) in [5.74, 6) is 0.639. The molecule has 0 bridgehead atoms. The Balaban J connectivity index is 2.07. The van der Waals surface area contributed by atoms with Crippen molar-refractivity contribution in [3.8, 4) is 11.1 Å². The fourth-order valence-corrected chi connectivity index (χ4v) is 3.74. The molecule has 0 aliphatic heterocycles. The van der Waals surface area contributed by atoms with E-state index in [-0.39, 0.29) is 0 Å². The van der Waals surface area contributed by atoms with Crippen LogP contribution in [0.2, 0.25) is 0 Å². The van der Waals surface area contributed by atoms with Crippen LogP contribution in [0.15, 0.2) is 66.7 Å². The van der Waals surface area contributed by atoms with E-state index >= 15 is 0 Å². The van der Waals surface area contributed by atoms with Crippen molar-refractivity contribution in [2.24, 2.45) is 13.0 Å². The minimum Gasteiger partial charge on any atom is -0.344 e. The molecule has 0 amide bonds. The Morgan fingerprint density at radius 3 is 2.25 bits per heavy atom. The number of fused-ring (bicyclic) bond motifs is 3. The van der Waals surface area contributed by atoms with Crippen molar-refractivity contribution in [2.45, 2.75) is 20.3 Å². The SMILES string of the molecule is CC(C)Cc1cc2c(cc1-c1ccccc1)c1ccccc1n2C. The normalized spacial score (nSPS) is 11.7. The zero-order chi connectivity index (χ0) is 16.7. The lowest BCUT2D eigenvalue weighted by Gasteiger charge is -2.13. The molecule has 24 heavy (non-hydrogen) atoms. The van der Waals surface area contributed by atoms with Crippen LogP contribution in [0.3, 0.4) is 0 Å². The van der Waals surface area contributed by atoms with E-state index in [1.807, 2.05) is 0 Å². The third-order valence-electron chi connectivity index (χ3n) is 4.85. The minimum atomic E-state index is 0.639. The van der Waals surface area contributed by atoms with Gasteiger partial charge in [-0.2, -0.15) is 0 Å². The van der Waals surface area contributed by atoms with Gasteiger partial charge in [-0.3, -0.25) is 0 Å². The van der Waals surface area contributed by atoms with E-state index in [1.165, 1.54) is 38.5 Å². The lowest BCUT2D eigenvalue weighted by Crippen LogP contribution is -1.98. The average Bonchev–Trinajstić information content (AvgIpc) is 2.87. The van der Waals surface area contributed by atoms with Crippen LogP contribution >= 0.6 is 0 Å². The maximum atomic E-state index is 2.40. The summed E-state index contributed by atoms with van der Waals surface area (Å²) in [6, 6.07) is 24.3. The first kappa shape index (κ1) is 15.0. The molecule has 0 atom stereocenters. The Labute approximate surface area is 143 Å². The van der Waals surface area contributed by atoms with Gasteiger partial charge in [0.05, 0.1) is 0 Å². The molecule has 1 heterocycles. The van der Waals surface area contributed by atoms with E-state index in [0.717, 1.165) is 6.42 Å². The third kappa shape index (κ3) is 2.41. The molecule has 0 aliphatic rings. The van der Waals surface area contributed by atoms with Gasteiger partial charge >= 0.3 is 0 Å². The summed E-state index contributed by atoms with van der Waals surface area (Å²) in [5, 5.41) is 2.68. The fourth-order valence-electron chi connectivity index (χ4n) is 3.74. The molecule has 4 aromatic rings. The number of hydrogen-bond donors (Lipinski definition) is 0. The summed E-state index contributed by atoms with van der Waals surface area (Å²) in [6.45, 7) is 4.58. The molecule has 0 N–H and O–H groups in total. The van der Waals surface area contributed by atoms with E-state index in [4.69, 9.17) is 0 Å². The quantitative estimate of drug-likeness (QED) is 0.424. The molecule has 0 saturated carbocycles. The van der Waals surface area contributed by atoms with Crippen molar-refractivity contribution >= 4 is 21.8 Å². The van der Waals surface area contributed by atoms with E-state index in [9.17, 15) is 0 Å². The number of aryl methyl sites for hydroxylation is 1. The van der Waals surface area contributed by atoms with E-state index in [2.05, 4.69) is 92.2 Å². The van der Waals surface area contributed by atoms with Gasteiger partial charge in [0.25, 0.3) is 0 Å². The summed E-state index contributed by atoms with van der Waals surface area (Å²) in [7, 11) is 2.17. The molecule has 0 fully saturated rings. The molecular formula is C23H23N. The predicted molar refractivity (Wildman–Crippen MR) is 104 cm³/mol. The summed E-state index contributed by atoms with van der Waals surface area (Å²) in [4.78, 5) is 0. The van der Waals surface area contributed by atoms with Gasteiger partial charge in [0.15, 0.2) is 0 Å². The van der Waals surface area contributed by atoms with Gasteiger partial charge < -0.3 is 4.57 Å². The Morgan fingerprint density at radius 2 is 1.50 bits per heavy atom. The zero-order valence-electron chi connectivity index (χ0n) is 14.6. The Kier molecular flexibility index (Phi) is 3.65. The highest BCUT2D eigenvalue weighted by Crippen LogP contribution is 2.35. The fraction of sp³-hybridized carbons (Fsp3) is 0.217. The van der Waals surface area contributed by atoms with Crippen LogP contribution in [-0.4, -0.2) is 4.57 Å². The maximum Gasteiger partial charge on any atom is 0.0491 e. The van der Waals surface area contributed by atoms with Crippen LogP contribution in [0, 0.1) is 5.92 Å². The highest BCUT2D eigenvalue weighted by molar-refractivity contribution is 6.09. The number of aromatic nitrogens is 1. The zero-order valence-corrected chi connectivity index (χ0v) is 14.6. The molecule has 1 nitrogen and oxygen atoms in total. The van der Waals surface area contributed by atoms with Crippen LogP contribution in [-0.2, 0) is 13.5 Å². The first-order chi connectivity index (χ1) is 11.6. The van der Waals surface area contributed by atoms with Crippen LogP contribution in [0.4, 0.5) is 0 Å². The van der Waals surface area contributed by atoms with Crippen molar-refractivity contribution < 1.29 is 0 Å². The molecule has 3 aromatic carbocycles. The van der Waals surface area contributed by atoms with Crippen molar-refractivity contribution in [3.63, 3.8) is 0 Å². The monoisotopic (exact) mass is 313 g/mol. The van der Waals surface area contributed by atoms with Gasteiger partial charge in [-0.1, -0.05) is 62.4 Å². The molecule has 0 radical (unpaired) electrons. The topological polar surface area (TPSA) is 4.93 Å². The first-order valence-electron chi connectivity index (χ1n) is 8.70. The lowest BCUT2D eigenvalue weighted by atomic mass is 9.92. The molecule has 4 rings (SSSR count). The van der Waals surface area contributed by atoms with Gasteiger partial charge in [0.1, 0.15) is 0 Å². The maximum absolute atomic E-state index is 2.40. The second kappa shape index (κ2) is 5.83. The molecule has 0 spiro atoms. The van der Waals surface area contributed by atoms with Crippen molar-refractivity contribution in [2.75, 3.05) is 0 Å². The first-order valence-corrected chi connectivity index (χ1v) is 8.70. The summed E-state index contributed by atoms with van der Waals surface area (Å²) < 4.78 is 2.32. The molecule has 0 unspecified atom stereocenters. The number of rotatable bonds is 3. The van der Waals surface area contributed by atoms with Crippen LogP contribution in [0.5, 0.6) is 0 Å². The smallest absolute Gasteiger partial charge is 0.0491 e. The van der Waals surface area contributed by atoms with E-state index in [1.54, 1.807) is 0 Å². The second-order valence-corrected chi connectivity index (χ2v) is 7.07. The standard InChI is InChI=1S/C23H23N/c1-16(2)13-18-14-23-21(15-20(18)17-9-5-4-6-10-17)19-11-7-8-12-22(19)24(23)3/h4-12,14-16H,13H2,1-3H3. The van der Waals surface area contributed by atoms with Crippen molar-refractivity contribution in [3.05, 3.63) is 72.3 Å². The van der Waals surface area contributed by atoms with Crippen molar-refractivity contribution in [1.29, 1.82) is 0 Å². The third-order valence-corrected chi connectivity index (χ3v) is 4.85. The van der Waals surface area contributed by atoms with Gasteiger partial charge in [0.2, 0.25) is 0 Å². The minimum absolute atomic E-state index is 0.639. The molecule has 0 saturated heterocycles. The summed E-state index contributed by atoms with van der Waals surface area (Å²) >= 11 is 0. The number of hydrogen-bond acceptors (Lipinski definition) is 0. The molecule has 1 aromatic heterocycles. The van der Waals surface area contributed by atoms with Crippen LogP contribution in [0.25, 0.3) is 32.9 Å².